The summed E-state index contributed by atoms with van der Waals surface area (Å²) in [6, 6.07) is 9.10. The number of benzene rings is 1. The summed E-state index contributed by atoms with van der Waals surface area (Å²) >= 11 is 0. The Hall–Kier alpha value is -1.15. The molecule has 1 aromatic rings. The van der Waals surface area contributed by atoms with Crippen molar-refractivity contribution in [1.82, 2.24) is 10.6 Å². The molecule has 130 valence electrons. The van der Waals surface area contributed by atoms with Gasteiger partial charge in [0, 0.05) is 19.6 Å². The lowest BCUT2D eigenvalue weighted by molar-refractivity contribution is -0.134. The standard InChI is InChI=1S/C15H22N2O4S.ClH/c18-15(14-11-16-8-9-21-14)17-7-4-10-22(19,20)12-13-5-2-1-3-6-13;/h1-3,5-6,14,16H,4,7-12H2,(H,17,18);1H. The van der Waals surface area contributed by atoms with Gasteiger partial charge >= 0.3 is 0 Å². The van der Waals surface area contributed by atoms with Crippen LogP contribution in [0.4, 0.5) is 0 Å². The normalized spacial score (nSPS) is 18.0. The first-order chi connectivity index (χ1) is 10.6. The van der Waals surface area contributed by atoms with Gasteiger partial charge in [0.2, 0.25) is 5.91 Å². The van der Waals surface area contributed by atoms with Crippen LogP contribution in [0.5, 0.6) is 0 Å². The number of ether oxygens (including phenoxy) is 1. The second-order valence-corrected chi connectivity index (χ2v) is 7.47. The van der Waals surface area contributed by atoms with E-state index in [1.807, 2.05) is 18.2 Å². The quantitative estimate of drug-likeness (QED) is 0.691. The van der Waals surface area contributed by atoms with Gasteiger partial charge in [0.1, 0.15) is 6.10 Å². The van der Waals surface area contributed by atoms with Gasteiger partial charge in [0.05, 0.1) is 18.1 Å². The Kier molecular flexibility index (Phi) is 8.54. The lowest BCUT2D eigenvalue weighted by atomic mass is 10.2. The summed E-state index contributed by atoms with van der Waals surface area (Å²) in [7, 11) is -3.15. The molecule has 1 aliphatic rings. The molecule has 1 aliphatic heterocycles. The lowest BCUT2D eigenvalue weighted by Gasteiger charge is -2.22. The Labute approximate surface area is 143 Å². The highest BCUT2D eigenvalue weighted by Gasteiger charge is 2.21. The van der Waals surface area contributed by atoms with Gasteiger partial charge in [-0.05, 0) is 12.0 Å². The zero-order chi connectivity index (χ0) is 15.8. The second-order valence-electron chi connectivity index (χ2n) is 5.29. The van der Waals surface area contributed by atoms with Crippen molar-refractivity contribution in [3.8, 4) is 0 Å². The van der Waals surface area contributed by atoms with Crippen LogP contribution in [0, 0.1) is 0 Å². The van der Waals surface area contributed by atoms with E-state index in [9.17, 15) is 13.2 Å². The number of carbonyl (C=O) groups excluding carboxylic acids is 1. The first-order valence-electron chi connectivity index (χ1n) is 7.41. The zero-order valence-electron chi connectivity index (χ0n) is 12.9. The molecule has 0 spiro atoms. The van der Waals surface area contributed by atoms with E-state index in [2.05, 4.69) is 10.6 Å². The monoisotopic (exact) mass is 362 g/mol. The van der Waals surface area contributed by atoms with Crippen LogP contribution >= 0.6 is 12.4 Å². The third kappa shape index (κ3) is 7.30. The van der Waals surface area contributed by atoms with E-state index in [0.29, 0.717) is 26.1 Å². The van der Waals surface area contributed by atoms with Gasteiger partial charge < -0.3 is 15.4 Å². The van der Waals surface area contributed by atoms with E-state index in [0.717, 1.165) is 12.1 Å². The van der Waals surface area contributed by atoms with E-state index < -0.39 is 15.9 Å². The van der Waals surface area contributed by atoms with E-state index in [-0.39, 0.29) is 29.8 Å². The molecular weight excluding hydrogens is 340 g/mol. The van der Waals surface area contributed by atoms with Crippen LogP contribution in [0.3, 0.4) is 0 Å². The molecular formula is C15H23ClN2O4S. The molecule has 1 saturated heterocycles. The summed E-state index contributed by atoms with van der Waals surface area (Å²) in [5.74, 6) is -0.0868. The molecule has 1 atom stereocenters. The largest absolute Gasteiger partial charge is 0.366 e. The predicted octanol–water partition coefficient (Wildman–Crippen LogP) is 0.518. The third-order valence-electron chi connectivity index (χ3n) is 3.38. The number of hydrogen-bond donors (Lipinski definition) is 2. The number of halogens is 1. The van der Waals surface area contributed by atoms with Crippen molar-refractivity contribution in [2.75, 3.05) is 32.0 Å². The van der Waals surface area contributed by atoms with Gasteiger partial charge in [-0.15, -0.1) is 12.4 Å². The van der Waals surface area contributed by atoms with E-state index in [1.54, 1.807) is 12.1 Å². The number of carbonyl (C=O) groups is 1. The van der Waals surface area contributed by atoms with Crippen molar-refractivity contribution >= 4 is 28.2 Å². The SMILES string of the molecule is Cl.O=C(NCCCS(=O)(=O)Cc1ccccc1)C1CNCCO1. The van der Waals surface area contributed by atoms with Gasteiger partial charge in [-0.2, -0.15) is 0 Å². The van der Waals surface area contributed by atoms with Gasteiger partial charge in [-0.25, -0.2) is 8.42 Å². The van der Waals surface area contributed by atoms with Crippen LogP contribution in [0.1, 0.15) is 12.0 Å². The molecule has 23 heavy (non-hydrogen) atoms. The Morgan fingerprint density at radius 2 is 2.04 bits per heavy atom. The first kappa shape index (κ1) is 19.9. The minimum absolute atomic E-state index is 0. The average molecular weight is 363 g/mol. The van der Waals surface area contributed by atoms with Gasteiger partial charge in [0.15, 0.2) is 9.84 Å². The summed E-state index contributed by atoms with van der Waals surface area (Å²) < 4.78 is 29.3. The topological polar surface area (TPSA) is 84.5 Å². The molecule has 0 aromatic heterocycles. The van der Waals surface area contributed by atoms with Crippen molar-refractivity contribution in [2.45, 2.75) is 18.3 Å². The smallest absolute Gasteiger partial charge is 0.250 e. The maximum Gasteiger partial charge on any atom is 0.250 e. The molecule has 0 bridgehead atoms. The summed E-state index contributed by atoms with van der Waals surface area (Å²) in [4.78, 5) is 11.8. The molecule has 6 nitrogen and oxygen atoms in total. The molecule has 1 aromatic carbocycles. The number of morpholine rings is 1. The maximum absolute atomic E-state index is 12.0. The maximum atomic E-state index is 12.0. The predicted molar refractivity (Wildman–Crippen MR) is 91.4 cm³/mol. The van der Waals surface area contributed by atoms with Crippen molar-refractivity contribution < 1.29 is 17.9 Å². The van der Waals surface area contributed by atoms with E-state index >= 15 is 0 Å². The molecule has 2 N–H and O–H groups in total. The Morgan fingerprint density at radius 3 is 2.70 bits per heavy atom. The summed E-state index contributed by atoms with van der Waals surface area (Å²) in [6.07, 6.45) is -0.0733. The second kappa shape index (κ2) is 9.87. The minimum atomic E-state index is -3.15. The summed E-state index contributed by atoms with van der Waals surface area (Å²) in [5, 5.41) is 5.80. The molecule has 0 saturated carbocycles. The van der Waals surface area contributed by atoms with Crippen LogP contribution in [0.25, 0.3) is 0 Å². The van der Waals surface area contributed by atoms with Crippen molar-refractivity contribution in [3.63, 3.8) is 0 Å². The van der Waals surface area contributed by atoms with Gasteiger partial charge in [0.25, 0.3) is 0 Å². The minimum Gasteiger partial charge on any atom is -0.366 e. The average Bonchev–Trinajstić information content (AvgIpc) is 2.53. The molecule has 0 radical (unpaired) electrons. The van der Waals surface area contributed by atoms with Gasteiger partial charge in [-0.3, -0.25) is 4.79 Å². The van der Waals surface area contributed by atoms with Gasteiger partial charge in [-0.1, -0.05) is 30.3 Å². The van der Waals surface area contributed by atoms with Crippen LogP contribution in [-0.4, -0.2) is 52.4 Å². The number of rotatable bonds is 7. The Balaban J connectivity index is 0.00000264. The third-order valence-corrected chi connectivity index (χ3v) is 5.06. The Morgan fingerprint density at radius 1 is 1.30 bits per heavy atom. The molecule has 1 amide bonds. The first-order valence-corrected chi connectivity index (χ1v) is 9.23. The molecule has 1 heterocycles. The van der Waals surface area contributed by atoms with Crippen LogP contribution < -0.4 is 10.6 Å². The van der Waals surface area contributed by atoms with Crippen molar-refractivity contribution in [1.29, 1.82) is 0 Å². The fourth-order valence-corrected chi connectivity index (χ4v) is 3.68. The number of hydrogen-bond acceptors (Lipinski definition) is 5. The fourth-order valence-electron chi connectivity index (χ4n) is 2.25. The number of nitrogens with one attached hydrogen (secondary N) is 2. The summed E-state index contributed by atoms with van der Waals surface area (Å²) in [5.41, 5.74) is 0.785. The molecule has 1 fully saturated rings. The number of amides is 1. The van der Waals surface area contributed by atoms with E-state index in [4.69, 9.17) is 4.74 Å². The summed E-state index contributed by atoms with van der Waals surface area (Å²) in [6.45, 7) is 2.11. The van der Waals surface area contributed by atoms with Crippen molar-refractivity contribution in [2.24, 2.45) is 0 Å². The zero-order valence-corrected chi connectivity index (χ0v) is 14.5. The molecule has 2 rings (SSSR count). The molecule has 8 heteroatoms. The van der Waals surface area contributed by atoms with Crippen LogP contribution in [0.15, 0.2) is 30.3 Å². The van der Waals surface area contributed by atoms with E-state index in [1.165, 1.54) is 0 Å². The molecule has 0 aliphatic carbocycles. The lowest BCUT2D eigenvalue weighted by Crippen LogP contribution is -2.48. The number of sulfone groups is 1. The van der Waals surface area contributed by atoms with Crippen LogP contribution in [0.2, 0.25) is 0 Å². The highest BCUT2D eigenvalue weighted by atomic mass is 35.5. The van der Waals surface area contributed by atoms with Crippen molar-refractivity contribution in [3.05, 3.63) is 35.9 Å². The molecule has 1 unspecified atom stereocenters. The highest BCUT2D eigenvalue weighted by Crippen LogP contribution is 2.07. The fraction of sp³-hybridized carbons (Fsp3) is 0.533. The Bertz CT molecular complexity index is 574. The van der Waals surface area contributed by atoms with Crippen LogP contribution in [-0.2, 0) is 25.1 Å². The highest BCUT2D eigenvalue weighted by molar-refractivity contribution is 7.90.